The zero-order valence-electron chi connectivity index (χ0n) is 9.30. The summed E-state index contributed by atoms with van der Waals surface area (Å²) in [4.78, 5) is 13.7. The Hall–Kier alpha value is -1.40. The Morgan fingerprint density at radius 3 is 3.19 bits per heavy atom. The molecule has 1 aliphatic rings. The Balaban J connectivity index is 2.08. The Kier molecular flexibility index (Phi) is 3.21. The topological polar surface area (TPSA) is 73.4 Å². The molecule has 0 bridgehead atoms. The lowest BCUT2D eigenvalue weighted by Gasteiger charge is -2.29. The van der Waals surface area contributed by atoms with E-state index in [2.05, 4.69) is 10.00 Å². The van der Waals surface area contributed by atoms with E-state index in [9.17, 15) is 4.79 Å². The van der Waals surface area contributed by atoms with Crippen molar-refractivity contribution in [1.82, 2.24) is 14.7 Å². The molecular weight excluding hydrogens is 208 g/mol. The molecule has 0 aromatic carbocycles. The van der Waals surface area contributed by atoms with Crippen molar-refractivity contribution in [1.29, 1.82) is 0 Å². The summed E-state index contributed by atoms with van der Waals surface area (Å²) >= 11 is 0. The minimum atomic E-state index is -0.147. The Morgan fingerprint density at radius 1 is 1.62 bits per heavy atom. The molecule has 1 saturated heterocycles. The molecule has 88 valence electrons. The molecule has 0 saturated carbocycles. The quantitative estimate of drug-likeness (QED) is 0.709. The van der Waals surface area contributed by atoms with E-state index in [1.807, 2.05) is 7.05 Å². The number of hydrogen-bond acceptors (Lipinski definition) is 5. The molecule has 2 N–H and O–H groups in total. The number of rotatable bonds is 2. The van der Waals surface area contributed by atoms with Crippen LogP contribution in [0.15, 0.2) is 16.9 Å². The van der Waals surface area contributed by atoms with Gasteiger partial charge in [0.25, 0.3) is 5.56 Å². The summed E-state index contributed by atoms with van der Waals surface area (Å²) < 4.78 is 6.93. The molecule has 1 aromatic rings. The van der Waals surface area contributed by atoms with Crippen LogP contribution in [0.25, 0.3) is 0 Å². The highest BCUT2D eigenvalue weighted by molar-refractivity contribution is 5.23. The minimum Gasteiger partial charge on any atom is -0.382 e. The Morgan fingerprint density at radius 2 is 2.44 bits per heavy atom. The van der Waals surface area contributed by atoms with Crippen molar-refractivity contribution >= 4 is 5.82 Å². The maximum absolute atomic E-state index is 11.5. The van der Waals surface area contributed by atoms with Crippen LogP contribution < -0.4 is 11.3 Å². The molecule has 2 heterocycles. The molecule has 1 atom stereocenters. The third-order valence-corrected chi connectivity index (χ3v) is 2.61. The summed E-state index contributed by atoms with van der Waals surface area (Å²) in [5.41, 5.74) is 5.39. The first-order valence-corrected chi connectivity index (χ1v) is 5.29. The van der Waals surface area contributed by atoms with Crippen molar-refractivity contribution < 1.29 is 4.74 Å². The molecule has 1 fully saturated rings. The first-order valence-electron chi connectivity index (χ1n) is 5.29. The van der Waals surface area contributed by atoms with Gasteiger partial charge in [-0.2, -0.15) is 5.10 Å². The van der Waals surface area contributed by atoms with Crippen molar-refractivity contribution in [3.8, 4) is 0 Å². The molecular formula is C10H16N4O2. The van der Waals surface area contributed by atoms with Gasteiger partial charge >= 0.3 is 0 Å². The maximum Gasteiger partial charge on any atom is 0.266 e. The lowest BCUT2D eigenvalue weighted by atomic mass is 10.3. The molecule has 0 spiro atoms. The molecule has 6 heteroatoms. The third kappa shape index (κ3) is 2.59. The summed E-state index contributed by atoms with van der Waals surface area (Å²) in [5.74, 6) is 0.351. The Bertz CT molecular complexity index is 418. The van der Waals surface area contributed by atoms with Gasteiger partial charge in [-0.15, -0.1) is 0 Å². The third-order valence-electron chi connectivity index (χ3n) is 2.61. The number of nitrogens with two attached hydrogens (primary N) is 1. The van der Waals surface area contributed by atoms with E-state index in [-0.39, 0.29) is 11.7 Å². The number of nitrogens with zero attached hydrogens (tertiary/aromatic N) is 3. The first-order chi connectivity index (χ1) is 7.65. The summed E-state index contributed by atoms with van der Waals surface area (Å²) in [6.07, 6.45) is 0.00532. The normalized spacial score (nSPS) is 22.2. The minimum absolute atomic E-state index is 0.00532. The number of nitrogen functional groups attached to an aromatic ring is 1. The fraction of sp³-hybridized carbons (Fsp3) is 0.600. The lowest BCUT2D eigenvalue weighted by molar-refractivity contribution is -0.0296. The first kappa shape index (κ1) is 11.1. The van der Waals surface area contributed by atoms with Crippen LogP contribution in [-0.4, -0.2) is 47.5 Å². The van der Waals surface area contributed by atoms with Gasteiger partial charge < -0.3 is 15.4 Å². The average molecular weight is 224 g/mol. The van der Waals surface area contributed by atoms with Gasteiger partial charge in [0.1, 0.15) is 5.82 Å². The summed E-state index contributed by atoms with van der Waals surface area (Å²) in [7, 11) is 2.03. The van der Waals surface area contributed by atoms with Crippen LogP contribution in [-0.2, 0) is 11.3 Å². The van der Waals surface area contributed by atoms with Crippen LogP contribution >= 0.6 is 0 Å². The van der Waals surface area contributed by atoms with E-state index in [1.165, 1.54) is 16.8 Å². The van der Waals surface area contributed by atoms with E-state index in [0.29, 0.717) is 19.0 Å². The highest BCUT2D eigenvalue weighted by Gasteiger charge is 2.18. The Labute approximate surface area is 93.6 Å². The van der Waals surface area contributed by atoms with Gasteiger partial charge in [-0.3, -0.25) is 4.79 Å². The molecule has 6 nitrogen and oxygen atoms in total. The zero-order valence-corrected chi connectivity index (χ0v) is 9.30. The smallest absolute Gasteiger partial charge is 0.266 e. The van der Waals surface area contributed by atoms with E-state index >= 15 is 0 Å². The second-order valence-electron chi connectivity index (χ2n) is 4.03. The van der Waals surface area contributed by atoms with Gasteiger partial charge in [-0.25, -0.2) is 4.68 Å². The molecule has 2 rings (SSSR count). The molecule has 16 heavy (non-hydrogen) atoms. The van der Waals surface area contributed by atoms with Gasteiger partial charge in [0.05, 0.1) is 19.3 Å². The summed E-state index contributed by atoms with van der Waals surface area (Å²) in [6.45, 7) is 2.88. The van der Waals surface area contributed by atoms with Crippen molar-refractivity contribution in [2.45, 2.75) is 12.6 Å². The van der Waals surface area contributed by atoms with E-state index in [1.54, 1.807) is 0 Å². The number of aromatic nitrogens is 2. The fourth-order valence-corrected chi connectivity index (χ4v) is 1.77. The van der Waals surface area contributed by atoms with Gasteiger partial charge in [0.2, 0.25) is 0 Å². The van der Waals surface area contributed by atoms with Crippen LogP contribution in [0.4, 0.5) is 5.82 Å². The standard InChI is InChI=1S/C10H16N4O2/c1-13-4-5-16-8(6-13)7-14-10(15)3-2-9(11)12-14/h2-3,8H,4-7H2,1H3,(H2,11,12). The van der Waals surface area contributed by atoms with E-state index in [4.69, 9.17) is 10.5 Å². The monoisotopic (exact) mass is 224 g/mol. The van der Waals surface area contributed by atoms with E-state index < -0.39 is 0 Å². The number of likely N-dealkylation sites (N-methyl/N-ethyl adjacent to an activating group) is 1. The molecule has 1 unspecified atom stereocenters. The average Bonchev–Trinajstić information content (AvgIpc) is 2.24. The highest BCUT2D eigenvalue weighted by Crippen LogP contribution is 2.04. The number of ether oxygens (including phenoxy) is 1. The lowest BCUT2D eigenvalue weighted by Crippen LogP contribution is -2.43. The predicted octanol–water partition coefficient (Wildman–Crippen LogP) is -0.844. The van der Waals surface area contributed by atoms with Crippen LogP contribution in [0, 0.1) is 0 Å². The number of anilines is 1. The predicted molar refractivity (Wildman–Crippen MR) is 60.1 cm³/mol. The van der Waals surface area contributed by atoms with Crippen molar-refractivity contribution in [3.05, 3.63) is 22.5 Å². The van der Waals surface area contributed by atoms with Crippen molar-refractivity contribution in [3.63, 3.8) is 0 Å². The molecule has 0 radical (unpaired) electrons. The SMILES string of the molecule is CN1CCOC(Cn2nc(N)ccc2=O)C1. The van der Waals surface area contributed by atoms with Crippen LogP contribution in [0.2, 0.25) is 0 Å². The fourth-order valence-electron chi connectivity index (χ4n) is 1.77. The van der Waals surface area contributed by atoms with Crippen molar-refractivity contribution in [2.75, 3.05) is 32.5 Å². The van der Waals surface area contributed by atoms with Gasteiger partial charge in [-0.1, -0.05) is 0 Å². The molecule has 1 aliphatic heterocycles. The zero-order chi connectivity index (χ0) is 11.5. The number of morpholine rings is 1. The summed E-state index contributed by atoms with van der Waals surface area (Å²) in [5, 5.41) is 3.98. The molecule has 0 amide bonds. The second-order valence-corrected chi connectivity index (χ2v) is 4.03. The number of hydrogen-bond donors (Lipinski definition) is 1. The van der Waals surface area contributed by atoms with E-state index in [0.717, 1.165) is 13.1 Å². The highest BCUT2D eigenvalue weighted by atomic mass is 16.5. The molecule has 1 aromatic heterocycles. The largest absolute Gasteiger partial charge is 0.382 e. The van der Waals surface area contributed by atoms with Gasteiger partial charge in [0, 0.05) is 19.2 Å². The van der Waals surface area contributed by atoms with Gasteiger partial charge in [0.15, 0.2) is 0 Å². The maximum atomic E-state index is 11.5. The van der Waals surface area contributed by atoms with Crippen LogP contribution in [0.3, 0.4) is 0 Å². The molecule has 0 aliphatic carbocycles. The van der Waals surface area contributed by atoms with Crippen LogP contribution in [0.5, 0.6) is 0 Å². The van der Waals surface area contributed by atoms with Gasteiger partial charge in [-0.05, 0) is 13.1 Å². The summed E-state index contributed by atoms with van der Waals surface area (Å²) in [6, 6.07) is 2.93. The second kappa shape index (κ2) is 4.63. The van der Waals surface area contributed by atoms with Crippen molar-refractivity contribution in [2.24, 2.45) is 0 Å². The van der Waals surface area contributed by atoms with Crippen LogP contribution in [0.1, 0.15) is 0 Å².